The van der Waals surface area contributed by atoms with E-state index in [0.29, 0.717) is 0 Å². The van der Waals surface area contributed by atoms with Crippen molar-refractivity contribution < 1.29 is 9.59 Å². The maximum Gasteiger partial charge on any atom is 0.239 e. The second-order valence-electron chi connectivity index (χ2n) is 5.82. The Morgan fingerprint density at radius 2 is 1.91 bits per heavy atom. The average molecular weight is 328 g/mol. The Morgan fingerprint density at radius 1 is 1.13 bits per heavy atom. The summed E-state index contributed by atoms with van der Waals surface area (Å²) in [5, 5.41) is 7.76. The standard InChI is InChI=1S/C18H20N2O2S/c21-17(12-19-18(22)14-8-9-14)20-15(16-7-4-10-23-16)11-13-5-2-1-3-6-13/h1-7,10,14-15H,8-9,11-12H2,(H,19,22)(H,20,21)/t15-/m0/s1. The Morgan fingerprint density at radius 3 is 2.57 bits per heavy atom. The van der Waals surface area contributed by atoms with Crippen LogP contribution in [0.4, 0.5) is 0 Å². The molecule has 1 aromatic carbocycles. The molecule has 1 atom stereocenters. The van der Waals surface area contributed by atoms with E-state index in [4.69, 9.17) is 0 Å². The van der Waals surface area contributed by atoms with Gasteiger partial charge in [-0.25, -0.2) is 0 Å². The van der Waals surface area contributed by atoms with E-state index in [1.807, 2.05) is 35.7 Å². The van der Waals surface area contributed by atoms with Gasteiger partial charge in [0.1, 0.15) is 0 Å². The first-order valence-corrected chi connectivity index (χ1v) is 8.75. The Balaban J connectivity index is 1.59. The van der Waals surface area contributed by atoms with Gasteiger partial charge in [0, 0.05) is 10.8 Å². The highest BCUT2D eigenvalue weighted by atomic mass is 32.1. The van der Waals surface area contributed by atoms with Crippen molar-refractivity contribution in [2.45, 2.75) is 25.3 Å². The van der Waals surface area contributed by atoms with Crippen LogP contribution < -0.4 is 10.6 Å². The van der Waals surface area contributed by atoms with Crippen molar-refractivity contribution in [1.82, 2.24) is 10.6 Å². The summed E-state index contributed by atoms with van der Waals surface area (Å²) in [4.78, 5) is 24.9. The largest absolute Gasteiger partial charge is 0.347 e. The topological polar surface area (TPSA) is 58.2 Å². The Bertz CT molecular complexity index is 651. The first-order valence-electron chi connectivity index (χ1n) is 7.87. The number of carbonyl (C=O) groups excluding carboxylic acids is 2. The maximum absolute atomic E-state index is 12.2. The number of benzene rings is 1. The van der Waals surface area contributed by atoms with E-state index in [1.54, 1.807) is 11.3 Å². The van der Waals surface area contributed by atoms with Gasteiger partial charge in [-0.3, -0.25) is 9.59 Å². The molecule has 2 aromatic rings. The quantitative estimate of drug-likeness (QED) is 0.821. The van der Waals surface area contributed by atoms with Crippen LogP contribution in [0, 0.1) is 5.92 Å². The van der Waals surface area contributed by atoms with Crippen LogP contribution in [0.15, 0.2) is 47.8 Å². The van der Waals surface area contributed by atoms with Crippen molar-refractivity contribution in [2.24, 2.45) is 5.92 Å². The fourth-order valence-corrected chi connectivity index (χ4v) is 3.24. The van der Waals surface area contributed by atoms with Crippen molar-refractivity contribution in [3.05, 3.63) is 58.3 Å². The molecule has 0 radical (unpaired) electrons. The highest BCUT2D eigenvalue weighted by molar-refractivity contribution is 7.10. The van der Waals surface area contributed by atoms with Gasteiger partial charge < -0.3 is 10.6 Å². The number of hydrogen-bond donors (Lipinski definition) is 2. The Labute approximate surface area is 139 Å². The highest BCUT2D eigenvalue weighted by Gasteiger charge is 2.29. The molecule has 120 valence electrons. The van der Waals surface area contributed by atoms with Gasteiger partial charge >= 0.3 is 0 Å². The third-order valence-electron chi connectivity index (χ3n) is 3.88. The molecule has 0 saturated heterocycles. The molecule has 1 aliphatic rings. The summed E-state index contributed by atoms with van der Waals surface area (Å²) in [6.07, 6.45) is 2.63. The molecule has 0 unspecified atom stereocenters. The molecule has 0 aliphatic heterocycles. The SMILES string of the molecule is O=C(CNC(=O)C1CC1)N[C@@H](Cc1ccccc1)c1cccs1. The van der Waals surface area contributed by atoms with E-state index in [2.05, 4.69) is 22.8 Å². The van der Waals surface area contributed by atoms with Crippen LogP contribution >= 0.6 is 11.3 Å². The lowest BCUT2D eigenvalue weighted by molar-refractivity contribution is -0.127. The molecular weight excluding hydrogens is 308 g/mol. The fraction of sp³-hybridized carbons (Fsp3) is 0.333. The Hall–Kier alpha value is -2.14. The van der Waals surface area contributed by atoms with Crippen LogP contribution in [-0.4, -0.2) is 18.4 Å². The Kier molecular flexibility index (Phi) is 5.08. The van der Waals surface area contributed by atoms with Crippen LogP contribution in [0.5, 0.6) is 0 Å². The number of nitrogens with one attached hydrogen (secondary N) is 2. The summed E-state index contributed by atoms with van der Waals surface area (Å²) >= 11 is 1.63. The van der Waals surface area contributed by atoms with E-state index in [-0.39, 0.29) is 30.3 Å². The smallest absolute Gasteiger partial charge is 0.239 e. The first kappa shape index (κ1) is 15.7. The minimum atomic E-state index is -0.145. The first-order chi connectivity index (χ1) is 11.2. The van der Waals surface area contributed by atoms with E-state index >= 15 is 0 Å². The van der Waals surface area contributed by atoms with Crippen molar-refractivity contribution in [3.63, 3.8) is 0 Å². The van der Waals surface area contributed by atoms with Crippen molar-refractivity contribution in [3.8, 4) is 0 Å². The number of hydrogen-bond acceptors (Lipinski definition) is 3. The normalized spacial score (nSPS) is 15.0. The molecule has 2 amide bonds. The fourth-order valence-electron chi connectivity index (χ4n) is 2.46. The van der Waals surface area contributed by atoms with Crippen LogP contribution in [0.3, 0.4) is 0 Å². The van der Waals surface area contributed by atoms with Gasteiger partial charge in [-0.05, 0) is 36.3 Å². The molecule has 0 spiro atoms. The summed E-state index contributed by atoms with van der Waals surface area (Å²) in [6.45, 7) is 0.0476. The monoisotopic (exact) mass is 328 g/mol. The molecular formula is C18H20N2O2S. The summed E-state index contributed by atoms with van der Waals surface area (Å²) in [5.74, 6) is -0.0237. The molecule has 23 heavy (non-hydrogen) atoms. The van der Waals surface area contributed by atoms with Crippen LogP contribution in [0.1, 0.15) is 29.3 Å². The number of rotatable bonds is 7. The lowest BCUT2D eigenvalue weighted by Gasteiger charge is -2.18. The molecule has 3 rings (SSSR count). The third kappa shape index (κ3) is 4.66. The molecule has 4 nitrogen and oxygen atoms in total. The van der Waals surface area contributed by atoms with E-state index in [0.717, 1.165) is 24.1 Å². The number of carbonyl (C=O) groups is 2. The van der Waals surface area contributed by atoms with Crippen molar-refractivity contribution >= 4 is 23.2 Å². The molecule has 1 heterocycles. The summed E-state index contributed by atoms with van der Waals surface area (Å²) in [6, 6.07) is 14.0. The van der Waals surface area contributed by atoms with Crippen LogP contribution in [0.25, 0.3) is 0 Å². The minimum absolute atomic E-state index is 0.00381. The van der Waals surface area contributed by atoms with E-state index in [1.165, 1.54) is 5.56 Å². The average Bonchev–Trinajstić information content (AvgIpc) is 3.28. The molecule has 1 saturated carbocycles. The van der Waals surface area contributed by atoms with Gasteiger partial charge in [0.2, 0.25) is 11.8 Å². The summed E-state index contributed by atoms with van der Waals surface area (Å²) in [5.41, 5.74) is 1.17. The lowest BCUT2D eigenvalue weighted by atomic mass is 10.0. The van der Waals surface area contributed by atoms with E-state index < -0.39 is 0 Å². The summed E-state index contributed by atoms with van der Waals surface area (Å²) in [7, 11) is 0. The molecule has 5 heteroatoms. The van der Waals surface area contributed by atoms with Gasteiger partial charge in [-0.15, -0.1) is 11.3 Å². The van der Waals surface area contributed by atoms with Crippen LogP contribution in [-0.2, 0) is 16.0 Å². The molecule has 0 bridgehead atoms. The zero-order chi connectivity index (χ0) is 16.1. The highest BCUT2D eigenvalue weighted by Crippen LogP contribution is 2.28. The molecule has 2 N–H and O–H groups in total. The van der Waals surface area contributed by atoms with Crippen molar-refractivity contribution in [2.75, 3.05) is 6.54 Å². The van der Waals surface area contributed by atoms with Gasteiger partial charge in [-0.2, -0.15) is 0 Å². The number of amides is 2. The second kappa shape index (κ2) is 7.42. The van der Waals surface area contributed by atoms with Gasteiger partial charge in [0.15, 0.2) is 0 Å². The minimum Gasteiger partial charge on any atom is -0.347 e. The van der Waals surface area contributed by atoms with E-state index in [9.17, 15) is 9.59 Å². The molecule has 1 aromatic heterocycles. The maximum atomic E-state index is 12.2. The second-order valence-corrected chi connectivity index (χ2v) is 6.80. The zero-order valence-corrected chi connectivity index (χ0v) is 13.6. The van der Waals surface area contributed by atoms with Crippen LogP contribution in [0.2, 0.25) is 0 Å². The van der Waals surface area contributed by atoms with Gasteiger partial charge in [-0.1, -0.05) is 36.4 Å². The predicted molar refractivity (Wildman–Crippen MR) is 91.1 cm³/mol. The van der Waals surface area contributed by atoms with Gasteiger partial charge in [0.25, 0.3) is 0 Å². The molecule has 1 aliphatic carbocycles. The zero-order valence-electron chi connectivity index (χ0n) is 12.8. The predicted octanol–water partition coefficient (Wildman–Crippen LogP) is 2.67. The number of thiophene rings is 1. The molecule has 1 fully saturated rings. The summed E-state index contributed by atoms with van der Waals surface area (Å²) < 4.78 is 0. The van der Waals surface area contributed by atoms with Gasteiger partial charge in [0.05, 0.1) is 12.6 Å². The third-order valence-corrected chi connectivity index (χ3v) is 4.86. The van der Waals surface area contributed by atoms with Crippen molar-refractivity contribution in [1.29, 1.82) is 0 Å². The lowest BCUT2D eigenvalue weighted by Crippen LogP contribution is -2.39.